The molecule has 1 saturated heterocycles. The Bertz CT molecular complexity index is 377. The molecule has 2 atom stereocenters. The second-order valence-corrected chi connectivity index (χ2v) is 7.65. The Morgan fingerprint density at radius 1 is 1.22 bits per heavy atom. The molecule has 0 bridgehead atoms. The van der Waals surface area contributed by atoms with E-state index in [1.807, 2.05) is 0 Å². The minimum Gasteiger partial charge on any atom is -0.312 e. The van der Waals surface area contributed by atoms with E-state index in [1.54, 1.807) is 0 Å². The molecule has 0 amide bonds. The summed E-state index contributed by atoms with van der Waals surface area (Å²) in [4.78, 5) is 0. The summed E-state index contributed by atoms with van der Waals surface area (Å²) in [5, 5.41) is 4.29. The van der Waals surface area contributed by atoms with Crippen LogP contribution in [0, 0.1) is 0 Å². The SMILES string of the molecule is CC1NCCSC1Cc1ccc(C(C)(C)C)cc1. The van der Waals surface area contributed by atoms with E-state index in [-0.39, 0.29) is 5.41 Å². The average molecular weight is 263 g/mol. The molecule has 0 spiro atoms. The summed E-state index contributed by atoms with van der Waals surface area (Å²) >= 11 is 2.11. The van der Waals surface area contributed by atoms with Gasteiger partial charge in [0, 0.05) is 23.6 Å². The molecule has 100 valence electrons. The van der Waals surface area contributed by atoms with Gasteiger partial charge in [-0.15, -0.1) is 0 Å². The highest BCUT2D eigenvalue weighted by atomic mass is 32.2. The Balaban J connectivity index is 2.02. The Kier molecular flexibility index (Phi) is 4.39. The quantitative estimate of drug-likeness (QED) is 0.874. The van der Waals surface area contributed by atoms with Crippen molar-refractivity contribution in [2.24, 2.45) is 0 Å². The molecule has 0 saturated carbocycles. The Hall–Kier alpha value is -0.470. The number of rotatable bonds is 2. The lowest BCUT2D eigenvalue weighted by Gasteiger charge is -2.29. The molecule has 1 fully saturated rings. The third-order valence-corrected chi connectivity index (χ3v) is 5.16. The molecule has 18 heavy (non-hydrogen) atoms. The van der Waals surface area contributed by atoms with E-state index >= 15 is 0 Å². The van der Waals surface area contributed by atoms with Crippen molar-refractivity contribution in [1.82, 2.24) is 5.32 Å². The van der Waals surface area contributed by atoms with Crippen molar-refractivity contribution in [1.29, 1.82) is 0 Å². The summed E-state index contributed by atoms with van der Waals surface area (Å²) in [7, 11) is 0. The van der Waals surface area contributed by atoms with E-state index < -0.39 is 0 Å². The summed E-state index contributed by atoms with van der Waals surface area (Å²) < 4.78 is 0. The van der Waals surface area contributed by atoms with Gasteiger partial charge >= 0.3 is 0 Å². The molecule has 0 aromatic heterocycles. The van der Waals surface area contributed by atoms with Crippen molar-refractivity contribution in [3.05, 3.63) is 35.4 Å². The predicted molar refractivity (Wildman–Crippen MR) is 82.6 cm³/mol. The van der Waals surface area contributed by atoms with Crippen LogP contribution in [0.3, 0.4) is 0 Å². The first-order valence-electron chi connectivity index (χ1n) is 6.91. The van der Waals surface area contributed by atoms with E-state index in [0.717, 1.165) is 11.8 Å². The second-order valence-electron chi connectivity index (χ2n) is 6.30. The number of thioether (sulfide) groups is 1. The van der Waals surface area contributed by atoms with Gasteiger partial charge in [-0.25, -0.2) is 0 Å². The molecule has 1 nitrogen and oxygen atoms in total. The fraction of sp³-hybridized carbons (Fsp3) is 0.625. The predicted octanol–water partition coefficient (Wildman–Crippen LogP) is 3.62. The van der Waals surface area contributed by atoms with Gasteiger partial charge in [0.1, 0.15) is 0 Å². The monoisotopic (exact) mass is 263 g/mol. The lowest BCUT2D eigenvalue weighted by atomic mass is 9.86. The largest absolute Gasteiger partial charge is 0.312 e. The summed E-state index contributed by atoms with van der Waals surface area (Å²) in [5.74, 6) is 1.25. The molecule has 2 rings (SSSR count). The Labute approximate surface area is 116 Å². The third kappa shape index (κ3) is 3.52. The molecule has 1 aliphatic rings. The van der Waals surface area contributed by atoms with Crippen LogP contribution >= 0.6 is 11.8 Å². The fourth-order valence-corrected chi connectivity index (χ4v) is 3.62. The summed E-state index contributed by atoms with van der Waals surface area (Å²) in [6, 6.07) is 9.83. The van der Waals surface area contributed by atoms with E-state index in [2.05, 4.69) is 69.0 Å². The van der Waals surface area contributed by atoms with Gasteiger partial charge in [0.2, 0.25) is 0 Å². The maximum atomic E-state index is 3.57. The molecule has 1 aromatic carbocycles. The van der Waals surface area contributed by atoms with Gasteiger partial charge in [-0.05, 0) is 29.9 Å². The van der Waals surface area contributed by atoms with Gasteiger partial charge in [-0.2, -0.15) is 11.8 Å². The average Bonchev–Trinajstić information content (AvgIpc) is 2.32. The fourth-order valence-electron chi connectivity index (χ4n) is 2.38. The van der Waals surface area contributed by atoms with Crippen molar-refractivity contribution < 1.29 is 0 Å². The number of nitrogens with one attached hydrogen (secondary N) is 1. The van der Waals surface area contributed by atoms with Gasteiger partial charge in [-0.3, -0.25) is 0 Å². The maximum absolute atomic E-state index is 3.57. The molecular weight excluding hydrogens is 238 g/mol. The van der Waals surface area contributed by atoms with Crippen LogP contribution in [0.15, 0.2) is 24.3 Å². The van der Waals surface area contributed by atoms with Crippen molar-refractivity contribution in [3.8, 4) is 0 Å². The van der Waals surface area contributed by atoms with Crippen LogP contribution in [0.4, 0.5) is 0 Å². The lowest BCUT2D eigenvalue weighted by Crippen LogP contribution is -2.42. The molecule has 0 aliphatic carbocycles. The molecule has 1 heterocycles. The first kappa shape index (κ1) is 14.0. The first-order valence-corrected chi connectivity index (χ1v) is 7.96. The zero-order valence-corrected chi connectivity index (χ0v) is 12.8. The highest BCUT2D eigenvalue weighted by Crippen LogP contribution is 2.25. The van der Waals surface area contributed by atoms with E-state index in [4.69, 9.17) is 0 Å². The van der Waals surface area contributed by atoms with Crippen molar-refractivity contribution >= 4 is 11.8 Å². The highest BCUT2D eigenvalue weighted by Gasteiger charge is 2.21. The molecule has 1 N–H and O–H groups in total. The molecule has 1 aromatic rings. The van der Waals surface area contributed by atoms with Crippen LogP contribution in [0.1, 0.15) is 38.8 Å². The van der Waals surface area contributed by atoms with Crippen LogP contribution in [-0.4, -0.2) is 23.6 Å². The minimum atomic E-state index is 0.257. The highest BCUT2D eigenvalue weighted by molar-refractivity contribution is 8.00. The summed E-state index contributed by atoms with van der Waals surface area (Å²) in [5.41, 5.74) is 3.15. The van der Waals surface area contributed by atoms with Crippen molar-refractivity contribution in [2.45, 2.75) is 50.8 Å². The van der Waals surface area contributed by atoms with Crippen LogP contribution in [0.2, 0.25) is 0 Å². The standard InChI is InChI=1S/C16H25NS/c1-12-15(18-10-9-17-12)11-13-5-7-14(8-6-13)16(2,3)4/h5-8,12,15,17H,9-11H2,1-4H3. The maximum Gasteiger partial charge on any atom is 0.0239 e. The van der Waals surface area contributed by atoms with Crippen LogP contribution in [0.5, 0.6) is 0 Å². The van der Waals surface area contributed by atoms with Crippen LogP contribution in [0.25, 0.3) is 0 Å². The zero-order valence-electron chi connectivity index (χ0n) is 12.0. The Morgan fingerprint density at radius 2 is 1.89 bits per heavy atom. The van der Waals surface area contributed by atoms with Gasteiger partial charge < -0.3 is 5.32 Å². The first-order chi connectivity index (χ1) is 8.47. The molecule has 0 radical (unpaired) electrons. The summed E-state index contributed by atoms with van der Waals surface area (Å²) in [6.45, 7) is 10.3. The second kappa shape index (κ2) is 5.66. The molecule has 2 heteroatoms. The molecule has 1 aliphatic heterocycles. The van der Waals surface area contributed by atoms with Crippen LogP contribution in [-0.2, 0) is 11.8 Å². The van der Waals surface area contributed by atoms with Gasteiger partial charge in [0.15, 0.2) is 0 Å². The van der Waals surface area contributed by atoms with Crippen LogP contribution < -0.4 is 5.32 Å². The smallest absolute Gasteiger partial charge is 0.0239 e. The topological polar surface area (TPSA) is 12.0 Å². The van der Waals surface area contributed by atoms with Gasteiger partial charge in [0.05, 0.1) is 0 Å². The van der Waals surface area contributed by atoms with Gasteiger partial charge in [0.25, 0.3) is 0 Å². The number of hydrogen-bond donors (Lipinski definition) is 1. The molecular formula is C16H25NS. The zero-order chi connectivity index (χ0) is 13.2. The number of hydrogen-bond acceptors (Lipinski definition) is 2. The van der Waals surface area contributed by atoms with Crippen molar-refractivity contribution in [3.63, 3.8) is 0 Å². The lowest BCUT2D eigenvalue weighted by molar-refractivity contribution is 0.528. The minimum absolute atomic E-state index is 0.257. The van der Waals surface area contributed by atoms with E-state index in [1.165, 1.54) is 23.3 Å². The van der Waals surface area contributed by atoms with Gasteiger partial charge in [-0.1, -0.05) is 45.0 Å². The van der Waals surface area contributed by atoms with Crippen molar-refractivity contribution in [2.75, 3.05) is 12.3 Å². The third-order valence-electron chi connectivity index (χ3n) is 3.71. The van der Waals surface area contributed by atoms with E-state index in [9.17, 15) is 0 Å². The number of benzene rings is 1. The van der Waals surface area contributed by atoms with E-state index in [0.29, 0.717) is 6.04 Å². The summed E-state index contributed by atoms with van der Waals surface area (Å²) in [6.07, 6.45) is 1.18. The normalized spacial score (nSPS) is 25.1. The Morgan fingerprint density at radius 3 is 2.44 bits per heavy atom. The molecule has 2 unspecified atom stereocenters.